The fourth-order valence-corrected chi connectivity index (χ4v) is 1.52. The largest absolute Gasteiger partial charge is 0.486 e. The maximum atomic E-state index is 11.2. The minimum atomic E-state index is -0.543. The third-order valence-electron chi connectivity index (χ3n) is 2.54. The number of ketones is 1. The molecule has 20 heavy (non-hydrogen) atoms. The Kier molecular flexibility index (Phi) is 4.11. The van der Waals surface area contributed by atoms with Gasteiger partial charge in [0.2, 0.25) is 0 Å². The summed E-state index contributed by atoms with van der Waals surface area (Å²) in [6.45, 7) is 1.57. The number of nitrogen functional groups attached to an aromatic ring is 1. The first-order chi connectivity index (χ1) is 9.60. The van der Waals surface area contributed by atoms with Gasteiger partial charge in [0.05, 0.1) is 0 Å². The monoisotopic (exact) mass is 275 g/mol. The van der Waals surface area contributed by atoms with E-state index in [0.29, 0.717) is 17.1 Å². The summed E-state index contributed by atoms with van der Waals surface area (Å²) < 4.78 is 10.4. The molecule has 0 fully saturated rings. The molecule has 1 aromatic carbocycles. The molecule has 0 atom stereocenters. The topological polar surface area (TPSA) is 107 Å². The number of carbonyl (C=O) groups excluding carboxylic acids is 2. The molecule has 1 amide bonds. The van der Waals surface area contributed by atoms with Crippen molar-refractivity contribution in [1.82, 2.24) is 10.6 Å². The first-order valence-corrected chi connectivity index (χ1v) is 5.80. The van der Waals surface area contributed by atoms with E-state index in [9.17, 15) is 9.59 Å². The SMILES string of the molecule is CC(=O)c1cccc(OCc2cc(C(=O)NN)no2)c1. The quantitative estimate of drug-likeness (QED) is 0.365. The van der Waals surface area contributed by atoms with Gasteiger partial charge in [-0.15, -0.1) is 0 Å². The molecule has 1 aromatic heterocycles. The fourth-order valence-electron chi connectivity index (χ4n) is 1.52. The van der Waals surface area contributed by atoms with Crippen LogP contribution in [0.1, 0.15) is 33.5 Å². The highest BCUT2D eigenvalue weighted by Gasteiger charge is 2.11. The Morgan fingerprint density at radius 1 is 1.40 bits per heavy atom. The lowest BCUT2D eigenvalue weighted by molar-refractivity contribution is 0.0943. The van der Waals surface area contributed by atoms with E-state index in [1.807, 2.05) is 5.43 Å². The van der Waals surface area contributed by atoms with Crippen LogP contribution in [0, 0.1) is 0 Å². The van der Waals surface area contributed by atoms with Gasteiger partial charge in [-0.25, -0.2) is 5.84 Å². The van der Waals surface area contributed by atoms with Crippen molar-refractivity contribution in [2.75, 3.05) is 0 Å². The number of nitrogens with one attached hydrogen (secondary N) is 1. The minimum absolute atomic E-state index is 0.0444. The predicted octanol–water partition coefficient (Wildman–Crippen LogP) is 1.06. The number of carbonyl (C=O) groups is 2. The van der Waals surface area contributed by atoms with E-state index in [0.717, 1.165) is 0 Å². The molecule has 2 rings (SSSR count). The van der Waals surface area contributed by atoms with Crippen molar-refractivity contribution in [2.45, 2.75) is 13.5 Å². The van der Waals surface area contributed by atoms with Gasteiger partial charge in [-0.2, -0.15) is 0 Å². The van der Waals surface area contributed by atoms with E-state index in [4.69, 9.17) is 15.1 Å². The van der Waals surface area contributed by atoms with Gasteiger partial charge in [-0.05, 0) is 19.1 Å². The molecule has 7 heteroatoms. The van der Waals surface area contributed by atoms with Crippen LogP contribution in [-0.2, 0) is 6.61 Å². The van der Waals surface area contributed by atoms with Crippen molar-refractivity contribution >= 4 is 11.7 Å². The molecule has 0 aliphatic carbocycles. The second-order valence-corrected chi connectivity index (χ2v) is 4.02. The molecule has 1 heterocycles. The number of hydrogen-bond acceptors (Lipinski definition) is 6. The van der Waals surface area contributed by atoms with E-state index in [1.54, 1.807) is 24.3 Å². The first kappa shape index (κ1) is 13.8. The zero-order chi connectivity index (χ0) is 14.5. The van der Waals surface area contributed by atoms with Gasteiger partial charge in [0.1, 0.15) is 12.4 Å². The Bertz CT molecular complexity index is 636. The van der Waals surface area contributed by atoms with E-state index >= 15 is 0 Å². The summed E-state index contributed by atoms with van der Waals surface area (Å²) in [6, 6.07) is 8.20. The van der Waals surface area contributed by atoms with Gasteiger partial charge in [0, 0.05) is 11.6 Å². The lowest BCUT2D eigenvalue weighted by Gasteiger charge is -2.04. The zero-order valence-electron chi connectivity index (χ0n) is 10.8. The molecule has 0 aliphatic heterocycles. The van der Waals surface area contributed by atoms with Gasteiger partial charge in [-0.1, -0.05) is 17.3 Å². The van der Waals surface area contributed by atoms with Crippen LogP contribution in [0.3, 0.4) is 0 Å². The summed E-state index contributed by atoms with van der Waals surface area (Å²) in [4.78, 5) is 22.4. The summed E-state index contributed by atoms with van der Waals surface area (Å²) in [6.07, 6.45) is 0. The molecule has 104 valence electrons. The molecule has 0 bridgehead atoms. The highest BCUT2D eigenvalue weighted by Crippen LogP contribution is 2.16. The highest BCUT2D eigenvalue weighted by atomic mass is 16.5. The molecular formula is C13H13N3O4. The predicted molar refractivity (Wildman–Crippen MR) is 68.9 cm³/mol. The number of amides is 1. The Morgan fingerprint density at radius 3 is 2.90 bits per heavy atom. The van der Waals surface area contributed by atoms with Crippen LogP contribution in [0.25, 0.3) is 0 Å². The third kappa shape index (κ3) is 3.21. The van der Waals surface area contributed by atoms with Crippen LogP contribution in [-0.4, -0.2) is 16.8 Å². The molecule has 7 nitrogen and oxygen atoms in total. The fraction of sp³-hybridized carbons (Fsp3) is 0.154. The standard InChI is InChI=1S/C13H13N3O4/c1-8(17)9-3-2-4-10(5-9)19-7-11-6-12(16-20-11)13(18)15-14/h2-6H,7,14H2,1H3,(H,15,18). The average Bonchev–Trinajstić information content (AvgIpc) is 2.93. The maximum Gasteiger partial charge on any atom is 0.287 e. The average molecular weight is 275 g/mol. The second-order valence-electron chi connectivity index (χ2n) is 4.02. The van der Waals surface area contributed by atoms with Crippen LogP contribution in [0.2, 0.25) is 0 Å². The number of hydrogen-bond donors (Lipinski definition) is 2. The van der Waals surface area contributed by atoms with Crippen LogP contribution >= 0.6 is 0 Å². The Labute approximate surface area is 114 Å². The number of rotatable bonds is 5. The van der Waals surface area contributed by atoms with E-state index < -0.39 is 5.91 Å². The molecule has 3 N–H and O–H groups in total. The summed E-state index contributed by atoms with van der Waals surface area (Å²) in [5.74, 6) is 5.29. The van der Waals surface area contributed by atoms with Crippen molar-refractivity contribution in [3.63, 3.8) is 0 Å². The van der Waals surface area contributed by atoms with Crippen molar-refractivity contribution in [3.8, 4) is 5.75 Å². The van der Waals surface area contributed by atoms with Crippen molar-refractivity contribution in [3.05, 3.63) is 47.3 Å². The third-order valence-corrected chi connectivity index (χ3v) is 2.54. The molecule has 0 aliphatic rings. The van der Waals surface area contributed by atoms with Gasteiger partial charge >= 0.3 is 0 Å². The van der Waals surface area contributed by atoms with Gasteiger partial charge < -0.3 is 9.26 Å². The smallest absolute Gasteiger partial charge is 0.287 e. The van der Waals surface area contributed by atoms with Crippen LogP contribution in [0.5, 0.6) is 5.75 Å². The van der Waals surface area contributed by atoms with Crippen molar-refractivity contribution < 1.29 is 18.8 Å². The molecule has 2 aromatic rings. The summed E-state index contributed by atoms with van der Waals surface area (Å²) >= 11 is 0. The zero-order valence-corrected chi connectivity index (χ0v) is 10.8. The van der Waals surface area contributed by atoms with Crippen LogP contribution < -0.4 is 16.0 Å². The molecule has 0 spiro atoms. The number of Topliss-reactive ketones (excluding diaryl/α,β-unsaturated/α-hetero) is 1. The molecule has 0 saturated heterocycles. The maximum absolute atomic E-state index is 11.2. The number of ether oxygens (including phenoxy) is 1. The number of aromatic nitrogens is 1. The van der Waals surface area contributed by atoms with Crippen molar-refractivity contribution in [2.24, 2.45) is 5.84 Å². The summed E-state index contributed by atoms with van der Waals surface area (Å²) in [5, 5.41) is 3.54. The van der Waals surface area contributed by atoms with E-state index in [2.05, 4.69) is 5.16 Å². The molecule has 0 radical (unpaired) electrons. The lowest BCUT2D eigenvalue weighted by Crippen LogP contribution is -2.30. The lowest BCUT2D eigenvalue weighted by atomic mass is 10.1. The van der Waals surface area contributed by atoms with Crippen LogP contribution in [0.4, 0.5) is 0 Å². The minimum Gasteiger partial charge on any atom is -0.486 e. The number of benzene rings is 1. The molecule has 0 unspecified atom stereocenters. The first-order valence-electron chi connectivity index (χ1n) is 5.80. The Hall–Kier alpha value is -2.67. The Balaban J connectivity index is 2.01. The van der Waals surface area contributed by atoms with E-state index in [1.165, 1.54) is 13.0 Å². The highest BCUT2D eigenvalue weighted by molar-refractivity contribution is 5.94. The Morgan fingerprint density at radius 2 is 2.20 bits per heavy atom. The summed E-state index contributed by atoms with van der Waals surface area (Å²) in [7, 11) is 0. The number of nitrogens with zero attached hydrogens (tertiary/aromatic N) is 1. The van der Waals surface area contributed by atoms with Gasteiger partial charge in [-0.3, -0.25) is 15.0 Å². The number of hydrazine groups is 1. The van der Waals surface area contributed by atoms with Crippen LogP contribution in [0.15, 0.2) is 34.9 Å². The van der Waals surface area contributed by atoms with Gasteiger partial charge in [0.25, 0.3) is 5.91 Å². The van der Waals surface area contributed by atoms with Crippen molar-refractivity contribution in [1.29, 1.82) is 0 Å². The molecule has 0 saturated carbocycles. The summed E-state index contributed by atoms with van der Waals surface area (Å²) in [5.41, 5.74) is 2.58. The van der Waals surface area contributed by atoms with Gasteiger partial charge in [0.15, 0.2) is 17.2 Å². The second kappa shape index (κ2) is 5.98. The van der Waals surface area contributed by atoms with E-state index in [-0.39, 0.29) is 18.1 Å². The normalized spacial score (nSPS) is 10.1. The molecular weight excluding hydrogens is 262 g/mol. The number of nitrogens with two attached hydrogens (primary N) is 1.